The lowest BCUT2D eigenvalue weighted by atomic mass is 9.97. The SMILES string of the molecule is CCC1=NN(C(=O)C(C)C)[C@@](O)(c2ccncc2)C1. The molecule has 0 aromatic carbocycles. The van der Waals surface area contributed by atoms with E-state index < -0.39 is 5.72 Å². The third-order valence-corrected chi connectivity index (χ3v) is 3.30. The summed E-state index contributed by atoms with van der Waals surface area (Å²) < 4.78 is 0. The van der Waals surface area contributed by atoms with Crippen molar-refractivity contribution in [3.8, 4) is 0 Å². The molecule has 102 valence electrons. The zero-order chi connectivity index (χ0) is 14.0. The Bertz CT molecular complexity index is 499. The van der Waals surface area contributed by atoms with Crippen molar-refractivity contribution in [2.24, 2.45) is 11.0 Å². The van der Waals surface area contributed by atoms with Crippen LogP contribution in [0.2, 0.25) is 0 Å². The molecule has 2 heterocycles. The average Bonchev–Trinajstić information content (AvgIpc) is 2.77. The number of aliphatic hydroxyl groups is 1. The number of amides is 1. The van der Waals surface area contributed by atoms with E-state index in [0.717, 1.165) is 12.1 Å². The number of pyridine rings is 1. The number of nitrogens with zero attached hydrogens (tertiary/aromatic N) is 3. The molecule has 5 heteroatoms. The molecule has 0 spiro atoms. The highest BCUT2D eigenvalue weighted by Crippen LogP contribution is 2.36. The van der Waals surface area contributed by atoms with Crippen molar-refractivity contribution in [3.63, 3.8) is 0 Å². The van der Waals surface area contributed by atoms with Gasteiger partial charge in [0, 0.05) is 36.0 Å². The summed E-state index contributed by atoms with van der Waals surface area (Å²) in [6, 6.07) is 3.43. The Hall–Kier alpha value is -1.75. The fraction of sp³-hybridized carbons (Fsp3) is 0.500. The third kappa shape index (κ3) is 2.38. The Kier molecular flexibility index (Phi) is 3.66. The summed E-state index contributed by atoms with van der Waals surface area (Å²) in [5.74, 6) is -0.393. The minimum Gasteiger partial charge on any atom is -0.365 e. The van der Waals surface area contributed by atoms with Crippen LogP contribution in [0, 0.1) is 5.92 Å². The van der Waals surface area contributed by atoms with Crippen molar-refractivity contribution in [2.45, 2.75) is 39.3 Å². The Balaban J connectivity index is 2.41. The number of hydrogen-bond donors (Lipinski definition) is 1. The first kappa shape index (κ1) is 13.7. The maximum atomic E-state index is 12.2. The van der Waals surface area contributed by atoms with Crippen LogP contribution in [0.4, 0.5) is 0 Å². The molecule has 1 atom stereocenters. The van der Waals surface area contributed by atoms with Gasteiger partial charge in [0.2, 0.25) is 5.91 Å². The van der Waals surface area contributed by atoms with Gasteiger partial charge in [-0.3, -0.25) is 9.78 Å². The Morgan fingerprint density at radius 3 is 2.63 bits per heavy atom. The second-order valence-electron chi connectivity index (χ2n) is 5.05. The number of aromatic nitrogens is 1. The molecule has 1 aromatic heterocycles. The lowest BCUT2D eigenvalue weighted by Crippen LogP contribution is -2.45. The molecule has 1 aromatic rings. The Labute approximate surface area is 113 Å². The zero-order valence-corrected chi connectivity index (χ0v) is 11.5. The highest BCUT2D eigenvalue weighted by molar-refractivity contribution is 5.91. The van der Waals surface area contributed by atoms with Crippen LogP contribution in [-0.4, -0.2) is 26.7 Å². The molecule has 0 unspecified atom stereocenters. The minimum absolute atomic E-state index is 0.178. The van der Waals surface area contributed by atoms with E-state index in [2.05, 4.69) is 10.1 Å². The van der Waals surface area contributed by atoms with E-state index in [1.807, 2.05) is 6.92 Å². The van der Waals surface area contributed by atoms with Crippen molar-refractivity contribution < 1.29 is 9.90 Å². The first-order chi connectivity index (χ1) is 8.99. The summed E-state index contributed by atoms with van der Waals surface area (Å²) in [7, 11) is 0. The number of carbonyl (C=O) groups excluding carboxylic acids is 1. The van der Waals surface area contributed by atoms with Gasteiger partial charge < -0.3 is 5.11 Å². The normalized spacial score (nSPS) is 22.8. The Morgan fingerprint density at radius 2 is 2.11 bits per heavy atom. The van der Waals surface area contributed by atoms with Crippen molar-refractivity contribution in [1.82, 2.24) is 9.99 Å². The van der Waals surface area contributed by atoms with Gasteiger partial charge in [0.05, 0.1) is 0 Å². The lowest BCUT2D eigenvalue weighted by molar-refractivity contribution is -0.161. The fourth-order valence-electron chi connectivity index (χ4n) is 2.13. The zero-order valence-electron chi connectivity index (χ0n) is 11.5. The lowest BCUT2D eigenvalue weighted by Gasteiger charge is -2.32. The molecule has 1 amide bonds. The molecule has 1 N–H and O–H groups in total. The van der Waals surface area contributed by atoms with Crippen LogP contribution in [0.25, 0.3) is 0 Å². The largest absolute Gasteiger partial charge is 0.365 e. The van der Waals surface area contributed by atoms with Crippen LogP contribution < -0.4 is 0 Å². The first-order valence-electron chi connectivity index (χ1n) is 6.52. The average molecular weight is 261 g/mol. The highest BCUT2D eigenvalue weighted by atomic mass is 16.3. The summed E-state index contributed by atoms with van der Waals surface area (Å²) in [6.45, 7) is 5.57. The van der Waals surface area contributed by atoms with Gasteiger partial charge in [-0.05, 0) is 18.6 Å². The van der Waals surface area contributed by atoms with Crippen LogP contribution in [0.5, 0.6) is 0 Å². The smallest absolute Gasteiger partial charge is 0.248 e. The summed E-state index contributed by atoms with van der Waals surface area (Å²) in [6.07, 6.45) is 4.28. The molecule has 1 aliphatic heterocycles. The molecule has 5 nitrogen and oxygen atoms in total. The van der Waals surface area contributed by atoms with E-state index >= 15 is 0 Å². The molecule has 0 radical (unpaired) electrons. The van der Waals surface area contributed by atoms with Gasteiger partial charge in [0.1, 0.15) is 0 Å². The molecular weight excluding hydrogens is 242 g/mol. The van der Waals surface area contributed by atoms with Gasteiger partial charge in [-0.1, -0.05) is 20.8 Å². The van der Waals surface area contributed by atoms with Crippen LogP contribution in [0.15, 0.2) is 29.6 Å². The second-order valence-corrected chi connectivity index (χ2v) is 5.05. The number of rotatable bonds is 3. The molecule has 0 bridgehead atoms. The Morgan fingerprint density at radius 1 is 1.47 bits per heavy atom. The molecule has 0 saturated heterocycles. The molecule has 2 rings (SSSR count). The van der Waals surface area contributed by atoms with Crippen molar-refractivity contribution in [1.29, 1.82) is 0 Å². The molecule has 19 heavy (non-hydrogen) atoms. The standard InChI is InChI=1S/C14H19N3O2/c1-4-12-9-14(19,11-5-7-15-8-6-11)17(16-12)13(18)10(2)3/h5-8,10,19H,4,9H2,1-3H3/t14-/m0/s1. The van der Waals surface area contributed by atoms with Gasteiger partial charge in [-0.2, -0.15) is 10.1 Å². The molecule has 0 fully saturated rings. The quantitative estimate of drug-likeness (QED) is 0.903. The van der Waals surface area contributed by atoms with Crippen LogP contribution in [0.3, 0.4) is 0 Å². The number of hydrazone groups is 1. The summed E-state index contributed by atoms with van der Waals surface area (Å²) >= 11 is 0. The van der Waals surface area contributed by atoms with E-state index in [4.69, 9.17) is 0 Å². The van der Waals surface area contributed by atoms with E-state index in [0.29, 0.717) is 12.0 Å². The van der Waals surface area contributed by atoms with Gasteiger partial charge >= 0.3 is 0 Å². The van der Waals surface area contributed by atoms with Gasteiger partial charge in [-0.25, -0.2) is 0 Å². The topological polar surface area (TPSA) is 65.8 Å². The maximum absolute atomic E-state index is 12.2. The maximum Gasteiger partial charge on any atom is 0.248 e. The summed E-state index contributed by atoms with van der Waals surface area (Å²) in [5, 5.41) is 16.4. The van der Waals surface area contributed by atoms with Crippen molar-refractivity contribution in [2.75, 3.05) is 0 Å². The van der Waals surface area contributed by atoms with Gasteiger partial charge in [0.25, 0.3) is 0 Å². The number of carbonyl (C=O) groups is 1. The highest BCUT2D eigenvalue weighted by Gasteiger charge is 2.45. The fourth-order valence-corrected chi connectivity index (χ4v) is 2.13. The molecule has 0 saturated carbocycles. The molecule has 0 aliphatic carbocycles. The second kappa shape index (κ2) is 5.09. The van der Waals surface area contributed by atoms with E-state index in [1.54, 1.807) is 38.4 Å². The number of hydrogen-bond acceptors (Lipinski definition) is 4. The summed E-state index contributed by atoms with van der Waals surface area (Å²) in [4.78, 5) is 16.2. The molecule has 1 aliphatic rings. The van der Waals surface area contributed by atoms with Crippen LogP contribution in [-0.2, 0) is 10.5 Å². The minimum atomic E-state index is -1.38. The van der Waals surface area contributed by atoms with Gasteiger partial charge in [-0.15, -0.1) is 0 Å². The van der Waals surface area contributed by atoms with Crippen molar-refractivity contribution in [3.05, 3.63) is 30.1 Å². The van der Waals surface area contributed by atoms with E-state index in [1.165, 1.54) is 5.01 Å². The van der Waals surface area contributed by atoms with E-state index in [-0.39, 0.29) is 11.8 Å². The predicted molar refractivity (Wildman–Crippen MR) is 72.2 cm³/mol. The van der Waals surface area contributed by atoms with Crippen LogP contribution in [0.1, 0.15) is 39.2 Å². The van der Waals surface area contributed by atoms with Gasteiger partial charge in [0.15, 0.2) is 5.72 Å². The molecular formula is C14H19N3O2. The van der Waals surface area contributed by atoms with E-state index in [9.17, 15) is 9.90 Å². The monoisotopic (exact) mass is 261 g/mol. The van der Waals surface area contributed by atoms with Crippen molar-refractivity contribution >= 4 is 11.6 Å². The van der Waals surface area contributed by atoms with Crippen LogP contribution >= 0.6 is 0 Å². The first-order valence-corrected chi connectivity index (χ1v) is 6.52. The summed E-state index contributed by atoms with van der Waals surface area (Å²) in [5.41, 5.74) is 0.0901. The third-order valence-electron chi connectivity index (χ3n) is 3.30. The predicted octanol–water partition coefficient (Wildman–Crippen LogP) is 1.88.